The number of hydrogen-bond acceptors (Lipinski definition) is 6. The second kappa shape index (κ2) is 10.4. The fourth-order valence-corrected chi connectivity index (χ4v) is 1.73. The lowest BCUT2D eigenvalue weighted by Crippen LogP contribution is -2.09. The molecule has 6 heteroatoms. The van der Waals surface area contributed by atoms with Crippen LogP contribution in [-0.2, 0) is 15.9 Å². The SMILES string of the molecule is CCCc1nc(N)cc(NCCCCOCCOC)n1. The molecule has 0 amide bonds. The molecule has 0 spiro atoms. The molecule has 0 aromatic carbocycles. The van der Waals surface area contributed by atoms with Crippen molar-refractivity contribution in [3.63, 3.8) is 0 Å². The first-order chi connectivity index (χ1) is 9.76. The third-order valence-electron chi connectivity index (χ3n) is 2.72. The second-order valence-electron chi connectivity index (χ2n) is 4.58. The molecule has 0 saturated carbocycles. The zero-order valence-corrected chi connectivity index (χ0v) is 12.5. The Labute approximate surface area is 121 Å². The van der Waals surface area contributed by atoms with E-state index >= 15 is 0 Å². The molecule has 0 aliphatic heterocycles. The largest absolute Gasteiger partial charge is 0.384 e. The minimum atomic E-state index is 0.522. The minimum absolute atomic E-state index is 0.522. The van der Waals surface area contributed by atoms with E-state index in [0.29, 0.717) is 19.0 Å². The molecule has 1 aromatic rings. The van der Waals surface area contributed by atoms with Gasteiger partial charge in [0.05, 0.1) is 13.2 Å². The van der Waals surface area contributed by atoms with Gasteiger partial charge in [-0.2, -0.15) is 0 Å². The van der Waals surface area contributed by atoms with Crippen molar-refractivity contribution in [2.45, 2.75) is 32.6 Å². The molecule has 0 aliphatic rings. The molecule has 6 nitrogen and oxygen atoms in total. The van der Waals surface area contributed by atoms with E-state index in [0.717, 1.165) is 50.5 Å². The molecule has 0 fully saturated rings. The quantitative estimate of drug-likeness (QED) is 0.603. The van der Waals surface area contributed by atoms with Crippen LogP contribution < -0.4 is 11.1 Å². The average Bonchev–Trinajstić information content (AvgIpc) is 2.41. The van der Waals surface area contributed by atoms with Gasteiger partial charge in [-0.1, -0.05) is 6.92 Å². The molecule has 1 aromatic heterocycles. The number of unbranched alkanes of at least 4 members (excludes halogenated alkanes) is 1. The Hall–Kier alpha value is -1.40. The summed E-state index contributed by atoms with van der Waals surface area (Å²) < 4.78 is 10.3. The maximum absolute atomic E-state index is 5.77. The van der Waals surface area contributed by atoms with Crippen LogP contribution in [0.2, 0.25) is 0 Å². The number of aryl methyl sites for hydroxylation is 1. The van der Waals surface area contributed by atoms with Crippen molar-refractivity contribution in [3.05, 3.63) is 11.9 Å². The van der Waals surface area contributed by atoms with Gasteiger partial charge in [-0.25, -0.2) is 9.97 Å². The van der Waals surface area contributed by atoms with Crippen molar-refractivity contribution in [2.75, 3.05) is 44.5 Å². The molecular weight excluding hydrogens is 256 g/mol. The van der Waals surface area contributed by atoms with E-state index in [1.807, 2.05) is 0 Å². The van der Waals surface area contributed by atoms with E-state index in [2.05, 4.69) is 22.2 Å². The molecule has 3 N–H and O–H groups in total. The smallest absolute Gasteiger partial charge is 0.133 e. The molecule has 20 heavy (non-hydrogen) atoms. The monoisotopic (exact) mass is 282 g/mol. The number of ether oxygens (including phenoxy) is 2. The molecule has 1 rings (SSSR count). The van der Waals surface area contributed by atoms with Gasteiger partial charge in [-0.3, -0.25) is 0 Å². The first-order valence-corrected chi connectivity index (χ1v) is 7.20. The average molecular weight is 282 g/mol. The molecule has 0 aliphatic carbocycles. The maximum Gasteiger partial charge on any atom is 0.133 e. The van der Waals surface area contributed by atoms with Crippen molar-refractivity contribution in [1.29, 1.82) is 0 Å². The number of rotatable bonds is 11. The van der Waals surface area contributed by atoms with Crippen LogP contribution in [0.5, 0.6) is 0 Å². The summed E-state index contributed by atoms with van der Waals surface area (Å²) in [7, 11) is 1.67. The third kappa shape index (κ3) is 7.25. The summed E-state index contributed by atoms with van der Waals surface area (Å²) >= 11 is 0. The fraction of sp³-hybridized carbons (Fsp3) is 0.714. The molecule has 0 atom stereocenters. The molecular formula is C14H26N4O2. The highest BCUT2D eigenvalue weighted by atomic mass is 16.5. The van der Waals surface area contributed by atoms with Gasteiger partial charge in [-0.05, 0) is 19.3 Å². The van der Waals surface area contributed by atoms with Gasteiger partial charge in [0, 0.05) is 32.7 Å². The predicted octanol–water partition coefficient (Wildman–Crippen LogP) is 1.87. The molecule has 1 heterocycles. The van der Waals surface area contributed by atoms with Crippen LogP contribution in [-0.4, -0.2) is 43.4 Å². The van der Waals surface area contributed by atoms with Gasteiger partial charge < -0.3 is 20.5 Å². The number of nitrogens with one attached hydrogen (secondary N) is 1. The van der Waals surface area contributed by atoms with Crippen molar-refractivity contribution in [3.8, 4) is 0 Å². The van der Waals surface area contributed by atoms with Gasteiger partial charge in [0.25, 0.3) is 0 Å². The van der Waals surface area contributed by atoms with Crippen molar-refractivity contribution >= 4 is 11.6 Å². The Morgan fingerprint density at radius 2 is 2.05 bits per heavy atom. The lowest BCUT2D eigenvalue weighted by atomic mass is 10.3. The first kappa shape index (κ1) is 16.7. The zero-order chi connectivity index (χ0) is 14.6. The Balaban J connectivity index is 2.18. The van der Waals surface area contributed by atoms with E-state index < -0.39 is 0 Å². The fourth-order valence-electron chi connectivity index (χ4n) is 1.73. The standard InChI is InChI=1S/C14H26N4O2/c1-3-6-13-17-12(15)11-14(18-13)16-7-4-5-8-20-10-9-19-2/h11H,3-10H2,1-2H3,(H3,15,16,17,18). The number of anilines is 2. The topological polar surface area (TPSA) is 82.3 Å². The molecule has 0 unspecified atom stereocenters. The number of nitrogens with zero attached hydrogens (tertiary/aromatic N) is 2. The van der Waals surface area contributed by atoms with Gasteiger partial charge in [0.2, 0.25) is 0 Å². The van der Waals surface area contributed by atoms with E-state index in [1.54, 1.807) is 13.2 Å². The van der Waals surface area contributed by atoms with Crippen molar-refractivity contribution in [1.82, 2.24) is 9.97 Å². The summed E-state index contributed by atoms with van der Waals surface area (Å²) in [6.07, 6.45) is 3.91. The zero-order valence-electron chi connectivity index (χ0n) is 12.5. The normalized spacial score (nSPS) is 10.7. The van der Waals surface area contributed by atoms with Gasteiger partial charge in [0.1, 0.15) is 17.5 Å². The molecule has 114 valence electrons. The highest BCUT2D eigenvalue weighted by molar-refractivity contribution is 5.44. The summed E-state index contributed by atoms with van der Waals surface area (Å²) in [5.41, 5.74) is 5.77. The highest BCUT2D eigenvalue weighted by Crippen LogP contribution is 2.09. The van der Waals surface area contributed by atoms with Crippen LogP contribution in [0.25, 0.3) is 0 Å². The minimum Gasteiger partial charge on any atom is -0.384 e. The van der Waals surface area contributed by atoms with Crippen molar-refractivity contribution in [2.24, 2.45) is 0 Å². The van der Waals surface area contributed by atoms with Crippen molar-refractivity contribution < 1.29 is 9.47 Å². The van der Waals surface area contributed by atoms with Gasteiger partial charge in [-0.15, -0.1) is 0 Å². The number of hydrogen-bond donors (Lipinski definition) is 2. The Kier molecular flexibility index (Phi) is 8.66. The van der Waals surface area contributed by atoms with Crippen LogP contribution in [0.15, 0.2) is 6.07 Å². The number of aromatic nitrogens is 2. The van der Waals surface area contributed by atoms with Crippen LogP contribution in [0.4, 0.5) is 11.6 Å². The van der Waals surface area contributed by atoms with Gasteiger partial charge >= 0.3 is 0 Å². The highest BCUT2D eigenvalue weighted by Gasteiger charge is 2.01. The maximum atomic E-state index is 5.77. The van der Waals surface area contributed by atoms with Gasteiger partial charge in [0.15, 0.2) is 0 Å². The van der Waals surface area contributed by atoms with E-state index in [9.17, 15) is 0 Å². The van der Waals surface area contributed by atoms with Crippen LogP contribution >= 0.6 is 0 Å². The molecule has 0 radical (unpaired) electrons. The number of methoxy groups -OCH3 is 1. The predicted molar refractivity (Wildman–Crippen MR) is 80.9 cm³/mol. The van der Waals surface area contributed by atoms with Crippen LogP contribution in [0.3, 0.4) is 0 Å². The second-order valence-corrected chi connectivity index (χ2v) is 4.58. The lowest BCUT2D eigenvalue weighted by Gasteiger charge is -2.08. The van der Waals surface area contributed by atoms with E-state index in [-0.39, 0.29) is 0 Å². The van der Waals surface area contributed by atoms with E-state index in [1.165, 1.54) is 0 Å². The summed E-state index contributed by atoms with van der Waals surface area (Å²) in [5.74, 6) is 2.13. The first-order valence-electron chi connectivity index (χ1n) is 7.20. The lowest BCUT2D eigenvalue weighted by molar-refractivity contribution is 0.0691. The van der Waals surface area contributed by atoms with Crippen LogP contribution in [0.1, 0.15) is 32.0 Å². The van der Waals surface area contributed by atoms with E-state index in [4.69, 9.17) is 15.2 Å². The summed E-state index contributed by atoms with van der Waals surface area (Å²) in [6, 6.07) is 1.77. The number of nitrogens with two attached hydrogens (primary N) is 1. The third-order valence-corrected chi connectivity index (χ3v) is 2.72. The Morgan fingerprint density at radius 3 is 2.80 bits per heavy atom. The number of nitrogen functional groups attached to an aromatic ring is 1. The molecule has 0 bridgehead atoms. The summed E-state index contributed by atoms with van der Waals surface area (Å²) in [4.78, 5) is 8.64. The Morgan fingerprint density at radius 1 is 1.20 bits per heavy atom. The summed E-state index contributed by atoms with van der Waals surface area (Å²) in [6.45, 7) is 5.03. The summed E-state index contributed by atoms with van der Waals surface area (Å²) in [5, 5.41) is 3.28. The Bertz CT molecular complexity index is 374. The molecule has 0 saturated heterocycles. The van der Waals surface area contributed by atoms with Crippen LogP contribution in [0, 0.1) is 0 Å².